The van der Waals surface area contributed by atoms with E-state index in [0.717, 1.165) is 17.8 Å². The quantitative estimate of drug-likeness (QED) is 0.611. The lowest BCUT2D eigenvalue weighted by Gasteiger charge is -2.57. The molecule has 7 nitrogen and oxygen atoms in total. The Bertz CT molecular complexity index is 925. The van der Waals surface area contributed by atoms with E-state index in [1.807, 2.05) is 12.1 Å². The van der Waals surface area contributed by atoms with E-state index >= 15 is 0 Å². The van der Waals surface area contributed by atoms with Crippen LogP contribution in [0.4, 0.5) is 23.0 Å². The Hall–Kier alpha value is -2.83. The number of carbonyl (C=O) groups is 1. The van der Waals surface area contributed by atoms with E-state index in [2.05, 4.69) is 20.6 Å². The summed E-state index contributed by atoms with van der Waals surface area (Å²) in [7, 11) is 0. The SMILES string of the molecule is CCOC(=O)c1ccccc1Nc1ncnc(NC23CC4CC(CC(C4)C2)C3)c1N. The number of nitrogens with zero attached hydrogens (tertiary/aromatic N) is 2. The highest BCUT2D eigenvalue weighted by molar-refractivity contribution is 5.97. The number of aromatic nitrogens is 2. The standard InChI is InChI=1S/C23H29N5O2/c1-2-30-22(29)17-5-3-4-6-18(17)27-20-19(24)21(26-13-25-20)28-23-10-14-7-15(11-23)9-16(8-14)12-23/h3-6,13-16H,2,7-12,24H2,1H3,(H2,25,26,27,28). The molecule has 7 heteroatoms. The first-order valence-electron chi connectivity index (χ1n) is 11.0. The van der Waals surface area contributed by atoms with Crippen LogP contribution in [0, 0.1) is 17.8 Å². The van der Waals surface area contributed by atoms with Gasteiger partial charge < -0.3 is 21.1 Å². The van der Waals surface area contributed by atoms with Gasteiger partial charge in [-0.25, -0.2) is 14.8 Å². The summed E-state index contributed by atoms with van der Waals surface area (Å²) in [5.74, 6) is 3.31. The third kappa shape index (κ3) is 3.46. The molecule has 0 unspecified atom stereocenters. The fourth-order valence-corrected chi connectivity index (χ4v) is 6.22. The summed E-state index contributed by atoms with van der Waals surface area (Å²) >= 11 is 0. The van der Waals surface area contributed by atoms with Crippen molar-refractivity contribution in [2.24, 2.45) is 17.8 Å². The largest absolute Gasteiger partial charge is 0.462 e. The predicted molar refractivity (Wildman–Crippen MR) is 117 cm³/mol. The minimum absolute atomic E-state index is 0.108. The van der Waals surface area contributed by atoms with E-state index in [4.69, 9.17) is 10.5 Å². The lowest BCUT2D eigenvalue weighted by Crippen LogP contribution is -2.55. The molecular weight excluding hydrogens is 378 g/mol. The predicted octanol–water partition coefficient (Wildman–Crippen LogP) is 4.36. The molecule has 6 rings (SSSR count). The first-order valence-corrected chi connectivity index (χ1v) is 11.0. The Morgan fingerprint density at radius 2 is 1.73 bits per heavy atom. The molecule has 1 heterocycles. The van der Waals surface area contributed by atoms with Crippen molar-refractivity contribution in [2.45, 2.75) is 51.0 Å². The summed E-state index contributed by atoms with van der Waals surface area (Å²) in [5, 5.41) is 6.94. The maximum absolute atomic E-state index is 12.3. The summed E-state index contributed by atoms with van der Waals surface area (Å²) in [6.45, 7) is 2.11. The normalized spacial score (nSPS) is 28.9. The van der Waals surface area contributed by atoms with Crippen LogP contribution in [0.15, 0.2) is 30.6 Å². The van der Waals surface area contributed by atoms with Gasteiger partial charge in [0.25, 0.3) is 0 Å². The van der Waals surface area contributed by atoms with Crippen molar-refractivity contribution in [3.8, 4) is 0 Å². The van der Waals surface area contributed by atoms with Gasteiger partial charge in [-0.05, 0) is 75.3 Å². The van der Waals surface area contributed by atoms with Gasteiger partial charge in [0.05, 0.1) is 17.9 Å². The number of hydrogen-bond donors (Lipinski definition) is 3. The topological polar surface area (TPSA) is 102 Å². The van der Waals surface area contributed by atoms with E-state index in [-0.39, 0.29) is 11.5 Å². The molecule has 30 heavy (non-hydrogen) atoms. The van der Waals surface area contributed by atoms with Crippen molar-refractivity contribution >= 4 is 29.0 Å². The highest BCUT2D eigenvalue weighted by Gasteiger charge is 2.51. The second-order valence-corrected chi connectivity index (χ2v) is 9.20. The second kappa shape index (κ2) is 7.45. The Kier molecular flexibility index (Phi) is 4.76. The molecule has 4 saturated carbocycles. The van der Waals surface area contributed by atoms with Gasteiger partial charge in [-0.15, -0.1) is 0 Å². The molecule has 0 aliphatic heterocycles. The summed E-state index contributed by atoms with van der Waals surface area (Å²) in [6, 6.07) is 7.21. The molecule has 4 fully saturated rings. The molecule has 0 radical (unpaired) electrons. The minimum atomic E-state index is -0.375. The van der Waals surface area contributed by atoms with Crippen LogP contribution < -0.4 is 16.4 Å². The zero-order chi connectivity index (χ0) is 20.7. The van der Waals surface area contributed by atoms with Gasteiger partial charge in [0.15, 0.2) is 11.6 Å². The number of carbonyl (C=O) groups excluding carboxylic acids is 1. The first kappa shape index (κ1) is 19.2. The second-order valence-electron chi connectivity index (χ2n) is 9.20. The lowest BCUT2D eigenvalue weighted by atomic mass is 9.53. The van der Waals surface area contributed by atoms with Crippen LogP contribution in [0.5, 0.6) is 0 Å². The fourth-order valence-electron chi connectivity index (χ4n) is 6.22. The molecule has 0 spiro atoms. The molecule has 158 valence electrons. The average Bonchev–Trinajstić information content (AvgIpc) is 2.70. The molecule has 0 atom stereocenters. The monoisotopic (exact) mass is 407 g/mol. The highest BCUT2D eigenvalue weighted by atomic mass is 16.5. The lowest BCUT2D eigenvalue weighted by molar-refractivity contribution is 0.0106. The smallest absolute Gasteiger partial charge is 0.340 e. The van der Waals surface area contributed by atoms with Gasteiger partial charge >= 0.3 is 5.97 Å². The first-order chi connectivity index (χ1) is 14.5. The maximum Gasteiger partial charge on any atom is 0.340 e. The van der Waals surface area contributed by atoms with Crippen LogP contribution >= 0.6 is 0 Å². The molecule has 2 aromatic rings. The summed E-state index contributed by atoms with van der Waals surface area (Å²) < 4.78 is 5.16. The third-order valence-electron chi connectivity index (χ3n) is 6.98. The highest BCUT2D eigenvalue weighted by Crippen LogP contribution is 2.56. The number of nitrogens with one attached hydrogen (secondary N) is 2. The number of nitrogens with two attached hydrogens (primary N) is 1. The van der Waals surface area contributed by atoms with Crippen LogP contribution in [0.2, 0.25) is 0 Å². The molecule has 0 saturated heterocycles. The van der Waals surface area contributed by atoms with Crippen molar-refractivity contribution in [3.05, 3.63) is 36.2 Å². The van der Waals surface area contributed by atoms with Gasteiger partial charge in [0.1, 0.15) is 12.0 Å². The molecule has 4 N–H and O–H groups in total. The Morgan fingerprint density at radius 1 is 1.10 bits per heavy atom. The number of ether oxygens (including phenoxy) is 1. The number of esters is 1. The van der Waals surface area contributed by atoms with Gasteiger partial charge in [-0.2, -0.15) is 0 Å². The van der Waals surface area contributed by atoms with E-state index in [9.17, 15) is 4.79 Å². The molecule has 0 amide bonds. The minimum Gasteiger partial charge on any atom is -0.462 e. The Labute approximate surface area is 176 Å². The van der Waals surface area contributed by atoms with E-state index in [1.165, 1.54) is 44.9 Å². The Morgan fingerprint density at radius 3 is 2.40 bits per heavy atom. The average molecular weight is 408 g/mol. The van der Waals surface area contributed by atoms with Crippen LogP contribution in [0.3, 0.4) is 0 Å². The number of para-hydroxylation sites is 1. The Balaban J connectivity index is 1.39. The zero-order valence-electron chi connectivity index (χ0n) is 17.4. The van der Waals surface area contributed by atoms with Crippen LogP contribution in [0.25, 0.3) is 0 Å². The van der Waals surface area contributed by atoms with E-state index in [0.29, 0.717) is 35.2 Å². The number of rotatable bonds is 6. The molecule has 4 bridgehead atoms. The van der Waals surface area contributed by atoms with Crippen molar-refractivity contribution in [1.29, 1.82) is 0 Å². The number of hydrogen-bond acceptors (Lipinski definition) is 7. The van der Waals surface area contributed by atoms with Gasteiger partial charge in [0, 0.05) is 5.54 Å². The number of anilines is 4. The summed E-state index contributed by atoms with van der Waals surface area (Å²) in [4.78, 5) is 21.1. The van der Waals surface area contributed by atoms with E-state index in [1.54, 1.807) is 19.1 Å². The third-order valence-corrected chi connectivity index (χ3v) is 6.98. The fraction of sp³-hybridized carbons (Fsp3) is 0.522. The van der Waals surface area contributed by atoms with Crippen molar-refractivity contribution < 1.29 is 9.53 Å². The van der Waals surface area contributed by atoms with Gasteiger partial charge in [-0.1, -0.05) is 12.1 Å². The summed E-state index contributed by atoms with van der Waals surface area (Å²) in [6.07, 6.45) is 9.30. The maximum atomic E-state index is 12.3. The van der Waals surface area contributed by atoms with Crippen LogP contribution in [0.1, 0.15) is 55.8 Å². The van der Waals surface area contributed by atoms with Gasteiger partial charge in [-0.3, -0.25) is 0 Å². The summed E-state index contributed by atoms with van der Waals surface area (Å²) in [5.41, 5.74) is 8.13. The van der Waals surface area contributed by atoms with Gasteiger partial charge in [0.2, 0.25) is 0 Å². The molecule has 4 aliphatic rings. The van der Waals surface area contributed by atoms with Crippen molar-refractivity contribution in [3.63, 3.8) is 0 Å². The molecule has 4 aliphatic carbocycles. The van der Waals surface area contributed by atoms with Crippen LogP contribution in [-0.4, -0.2) is 28.1 Å². The van der Waals surface area contributed by atoms with Crippen LogP contribution in [-0.2, 0) is 4.74 Å². The number of nitrogen functional groups attached to an aromatic ring is 1. The van der Waals surface area contributed by atoms with E-state index < -0.39 is 0 Å². The van der Waals surface area contributed by atoms with Crippen molar-refractivity contribution in [1.82, 2.24) is 9.97 Å². The molecular formula is C23H29N5O2. The molecule has 1 aromatic carbocycles. The number of benzene rings is 1. The molecule has 1 aromatic heterocycles. The zero-order valence-corrected chi connectivity index (χ0v) is 17.4. The van der Waals surface area contributed by atoms with Crippen molar-refractivity contribution in [2.75, 3.05) is 23.0 Å².